The van der Waals surface area contributed by atoms with Crippen molar-refractivity contribution in [2.24, 2.45) is 4.99 Å². The summed E-state index contributed by atoms with van der Waals surface area (Å²) >= 11 is 1.37. The Morgan fingerprint density at radius 2 is 2.06 bits per heavy atom. The maximum Gasteiger partial charge on any atom is 0.315 e. The zero-order valence-corrected chi connectivity index (χ0v) is 10.1. The van der Waals surface area contributed by atoms with E-state index in [9.17, 15) is 14.0 Å². The molecule has 1 aliphatic rings. The van der Waals surface area contributed by atoms with E-state index < -0.39 is 17.6 Å². The highest BCUT2D eigenvalue weighted by Gasteiger charge is 2.17. The van der Waals surface area contributed by atoms with Gasteiger partial charge < -0.3 is 5.32 Å². The van der Waals surface area contributed by atoms with Crippen molar-refractivity contribution < 1.29 is 14.0 Å². The van der Waals surface area contributed by atoms with Crippen LogP contribution < -0.4 is 10.6 Å². The quantitative estimate of drug-likeness (QED) is 0.745. The number of benzene rings is 1. The number of hydrogen-bond donors (Lipinski definition) is 2. The number of anilines is 1. The Balaban J connectivity index is 1.93. The molecular formula is C11H10FN3O2S. The molecule has 0 fully saturated rings. The maximum atomic E-state index is 12.9. The molecule has 0 aliphatic carbocycles. The molecule has 0 atom stereocenters. The summed E-state index contributed by atoms with van der Waals surface area (Å²) in [4.78, 5) is 27.0. The van der Waals surface area contributed by atoms with Crippen molar-refractivity contribution in [1.29, 1.82) is 0 Å². The van der Waals surface area contributed by atoms with Crippen LogP contribution in [0.5, 0.6) is 0 Å². The van der Waals surface area contributed by atoms with Crippen molar-refractivity contribution in [3.05, 3.63) is 30.1 Å². The van der Waals surface area contributed by atoms with Crippen molar-refractivity contribution in [3.63, 3.8) is 0 Å². The summed E-state index contributed by atoms with van der Waals surface area (Å²) in [7, 11) is 0. The number of nitrogens with one attached hydrogen (secondary N) is 2. The lowest BCUT2D eigenvalue weighted by Crippen LogP contribution is -2.37. The first-order valence-electron chi connectivity index (χ1n) is 5.20. The van der Waals surface area contributed by atoms with Crippen LogP contribution in [0.15, 0.2) is 29.3 Å². The van der Waals surface area contributed by atoms with Crippen LogP contribution in [0, 0.1) is 5.82 Å². The van der Waals surface area contributed by atoms with E-state index in [-0.39, 0.29) is 5.69 Å². The first-order chi connectivity index (χ1) is 8.65. The van der Waals surface area contributed by atoms with Gasteiger partial charge in [0.2, 0.25) is 0 Å². The van der Waals surface area contributed by atoms with Gasteiger partial charge in [-0.15, -0.1) is 0 Å². The van der Waals surface area contributed by atoms with Gasteiger partial charge in [-0.1, -0.05) is 17.8 Å². The lowest BCUT2D eigenvalue weighted by molar-refractivity contribution is -0.135. The minimum atomic E-state index is -0.851. The van der Waals surface area contributed by atoms with Gasteiger partial charge in [0.15, 0.2) is 5.17 Å². The molecule has 0 saturated heterocycles. The van der Waals surface area contributed by atoms with Crippen molar-refractivity contribution >= 4 is 34.4 Å². The van der Waals surface area contributed by atoms with Crippen LogP contribution in [0.3, 0.4) is 0 Å². The molecule has 7 heteroatoms. The Morgan fingerprint density at radius 1 is 1.28 bits per heavy atom. The predicted octanol–water partition coefficient (Wildman–Crippen LogP) is 0.983. The zero-order chi connectivity index (χ0) is 13.0. The molecule has 0 unspecified atom stereocenters. The van der Waals surface area contributed by atoms with Gasteiger partial charge in [0.25, 0.3) is 0 Å². The van der Waals surface area contributed by atoms with Gasteiger partial charge in [-0.05, 0) is 18.2 Å². The van der Waals surface area contributed by atoms with Crippen LogP contribution >= 0.6 is 11.8 Å². The smallest absolute Gasteiger partial charge is 0.315 e. The van der Waals surface area contributed by atoms with Crippen molar-refractivity contribution in [3.8, 4) is 0 Å². The molecule has 0 spiro atoms. The number of nitrogens with zero attached hydrogens (tertiary/aromatic N) is 1. The van der Waals surface area contributed by atoms with Crippen LogP contribution in [0.1, 0.15) is 0 Å². The Labute approximate surface area is 107 Å². The second-order valence-electron chi connectivity index (χ2n) is 3.45. The minimum Gasteiger partial charge on any atom is -0.318 e. The molecule has 1 heterocycles. The van der Waals surface area contributed by atoms with E-state index in [1.165, 1.54) is 30.0 Å². The van der Waals surface area contributed by atoms with Gasteiger partial charge in [0, 0.05) is 11.4 Å². The normalized spacial score (nSPS) is 13.9. The highest BCUT2D eigenvalue weighted by Crippen LogP contribution is 2.10. The van der Waals surface area contributed by atoms with E-state index in [4.69, 9.17) is 0 Å². The molecule has 94 valence electrons. The molecule has 0 bridgehead atoms. The van der Waals surface area contributed by atoms with Gasteiger partial charge in [0.1, 0.15) is 5.82 Å². The van der Waals surface area contributed by atoms with E-state index in [0.717, 1.165) is 11.8 Å². The van der Waals surface area contributed by atoms with Crippen molar-refractivity contribution in [2.45, 2.75) is 0 Å². The number of carbonyl (C=O) groups excluding carboxylic acids is 2. The van der Waals surface area contributed by atoms with Crippen molar-refractivity contribution in [2.75, 3.05) is 17.6 Å². The number of amides is 2. The number of halogens is 1. The third-order valence-electron chi connectivity index (χ3n) is 2.09. The highest BCUT2D eigenvalue weighted by molar-refractivity contribution is 8.14. The molecule has 0 aromatic heterocycles. The van der Waals surface area contributed by atoms with E-state index >= 15 is 0 Å². The fraction of sp³-hybridized carbons (Fsp3) is 0.182. The molecule has 2 N–H and O–H groups in total. The largest absolute Gasteiger partial charge is 0.318 e. The number of thioether (sulfide) groups is 1. The van der Waals surface area contributed by atoms with Gasteiger partial charge in [-0.2, -0.15) is 0 Å². The Bertz CT molecular complexity index is 519. The molecule has 0 saturated carbocycles. The molecular weight excluding hydrogens is 257 g/mol. The number of hydrogen-bond acceptors (Lipinski definition) is 4. The van der Waals surface area contributed by atoms with Crippen LogP contribution in [0.25, 0.3) is 0 Å². The Kier molecular flexibility index (Phi) is 3.93. The topological polar surface area (TPSA) is 70.6 Å². The third-order valence-corrected chi connectivity index (χ3v) is 2.99. The lowest BCUT2D eigenvalue weighted by Gasteiger charge is -2.05. The molecule has 5 nitrogen and oxygen atoms in total. The van der Waals surface area contributed by atoms with Crippen LogP contribution in [0.2, 0.25) is 0 Å². The van der Waals surface area contributed by atoms with E-state index in [1.807, 2.05) is 0 Å². The molecule has 18 heavy (non-hydrogen) atoms. The minimum absolute atomic E-state index is 0.233. The summed E-state index contributed by atoms with van der Waals surface area (Å²) in [5.74, 6) is -1.35. The second kappa shape index (κ2) is 5.63. The maximum absolute atomic E-state index is 12.9. The lowest BCUT2D eigenvalue weighted by atomic mass is 10.3. The predicted molar refractivity (Wildman–Crippen MR) is 67.9 cm³/mol. The van der Waals surface area contributed by atoms with Gasteiger partial charge >= 0.3 is 11.8 Å². The van der Waals surface area contributed by atoms with E-state index in [1.54, 1.807) is 0 Å². The summed E-state index contributed by atoms with van der Waals surface area (Å²) in [5.41, 5.74) is 0.233. The fourth-order valence-electron chi connectivity index (χ4n) is 1.32. The van der Waals surface area contributed by atoms with Gasteiger partial charge in [-0.3, -0.25) is 19.9 Å². The number of rotatable bonds is 1. The summed E-state index contributed by atoms with van der Waals surface area (Å²) < 4.78 is 12.9. The van der Waals surface area contributed by atoms with Crippen LogP contribution in [-0.2, 0) is 9.59 Å². The van der Waals surface area contributed by atoms with E-state index in [2.05, 4.69) is 15.6 Å². The molecule has 2 amide bonds. The SMILES string of the molecule is O=C(NC1=NCCS1)C(=O)Nc1cccc(F)c1. The summed E-state index contributed by atoms with van der Waals surface area (Å²) in [5, 5.41) is 5.12. The molecule has 1 aromatic carbocycles. The average Bonchev–Trinajstić information content (AvgIpc) is 2.81. The monoisotopic (exact) mass is 267 g/mol. The average molecular weight is 267 g/mol. The Morgan fingerprint density at radius 3 is 2.72 bits per heavy atom. The summed E-state index contributed by atoms with van der Waals surface area (Å²) in [6.45, 7) is 0.631. The van der Waals surface area contributed by atoms with E-state index in [0.29, 0.717) is 11.7 Å². The number of aliphatic imine (C=N–C) groups is 1. The molecule has 0 radical (unpaired) electrons. The fourth-order valence-corrected chi connectivity index (χ4v) is 2.04. The third kappa shape index (κ3) is 3.30. The second-order valence-corrected chi connectivity index (χ2v) is 4.54. The summed E-state index contributed by atoms with van der Waals surface area (Å²) in [6, 6.07) is 5.32. The first kappa shape index (κ1) is 12.6. The number of carbonyl (C=O) groups is 2. The Hall–Kier alpha value is -1.89. The van der Waals surface area contributed by atoms with Crippen LogP contribution in [0.4, 0.5) is 10.1 Å². The first-order valence-corrected chi connectivity index (χ1v) is 6.19. The molecule has 2 rings (SSSR count). The zero-order valence-electron chi connectivity index (χ0n) is 9.27. The highest BCUT2D eigenvalue weighted by atomic mass is 32.2. The van der Waals surface area contributed by atoms with Gasteiger partial charge in [-0.25, -0.2) is 4.39 Å². The van der Waals surface area contributed by atoms with Gasteiger partial charge in [0.05, 0.1) is 6.54 Å². The summed E-state index contributed by atoms with van der Waals surface area (Å²) in [6.07, 6.45) is 0. The number of amidine groups is 1. The van der Waals surface area contributed by atoms with Crippen molar-refractivity contribution in [1.82, 2.24) is 5.32 Å². The molecule has 1 aliphatic heterocycles. The molecule has 1 aromatic rings. The standard InChI is InChI=1S/C11H10FN3O2S/c12-7-2-1-3-8(6-7)14-9(16)10(17)15-11-13-4-5-18-11/h1-3,6H,4-5H2,(H,14,16)(H,13,15,17). The van der Waals surface area contributed by atoms with Crippen LogP contribution in [-0.4, -0.2) is 29.3 Å².